The van der Waals surface area contributed by atoms with E-state index < -0.39 is 31.7 Å². The summed E-state index contributed by atoms with van der Waals surface area (Å²) in [7, 11) is -2.24. The molecule has 0 aromatic rings. The normalized spacial score (nSPS) is 14.9. The van der Waals surface area contributed by atoms with Crippen molar-refractivity contribution in [3.8, 4) is 0 Å². The maximum absolute atomic E-state index is 12.3. The lowest BCUT2D eigenvalue weighted by Gasteiger charge is -2.45. The molecule has 2 amide bonds. The van der Waals surface area contributed by atoms with E-state index in [1.54, 1.807) is 0 Å². The fourth-order valence-corrected chi connectivity index (χ4v) is 9.96. The van der Waals surface area contributed by atoms with Crippen LogP contribution in [0.4, 0.5) is 9.59 Å². The van der Waals surface area contributed by atoms with E-state index in [1.807, 2.05) is 41.5 Å². The Morgan fingerprint density at radius 2 is 1.24 bits per heavy atom. The number of hydrogen-bond donors (Lipinski definition) is 3. The fraction of sp³-hybridized carbons (Fsp3) is 0.917. The standard InChI is InChI=1S/C24H51N3O5Si/c1-16(2)33(17(3)4,18(5)6)32-20(15-26-21(28)30-23(7,8)9)13-19(14-25)27-22(29)31-24(10,11)12/h16-20H,13-15,25H2,1-12H3,(H,26,28)(H,27,29)/t19-,20?/m0/s1. The van der Waals surface area contributed by atoms with E-state index in [-0.39, 0.29) is 25.2 Å². The molecule has 33 heavy (non-hydrogen) atoms. The van der Waals surface area contributed by atoms with Crippen molar-refractivity contribution in [3.05, 3.63) is 0 Å². The van der Waals surface area contributed by atoms with Gasteiger partial charge in [-0.2, -0.15) is 0 Å². The van der Waals surface area contributed by atoms with E-state index in [1.165, 1.54) is 0 Å². The molecule has 0 fully saturated rings. The van der Waals surface area contributed by atoms with Gasteiger partial charge in [0, 0.05) is 19.1 Å². The first-order valence-corrected chi connectivity index (χ1v) is 14.3. The first kappa shape index (κ1) is 31.7. The number of amides is 2. The molecular weight excluding hydrogens is 438 g/mol. The van der Waals surface area contributed by atoms with E-state index in [0.29, 0.717) is 23.0 Å². The van der Waals surface area contributed by atoms with Gasteiger partial charge in [-0.1, -0.05) is 41.5 Å². The molecule has 196 valence electrons. The van der Waals surface area contributed by atoms with Crippen LogP contribution in [0, 0.1) is 0 Å². The van der Waals surface area contributed by atoms with Gasteiger partial charge in [-0.15, -0.1) is 0 Å². The van der Waals surface area contributed by atoms with Crippen molar-refractivity contribution < 1.29 is 23.5 Å². The molecule has 4 N–H and O–H groups in total. The number of hydrogen-bond acceptors (Lipinski definition) is 6. The Hall–Kier alpha value is -1.32. The zero-order valence-electron chi connectivity index (χ0n) is 23.1. The largest absolute Gasteiger partial charge is 0.444 e. The van der Waals surface area contributed by atoms with Gasteiger partial charge in [0.2, 0.25) is 8.32 Å². The van der Waals surface area contributed by atoms with Crippen LogP contribution < -0.4 is 16.4 Å². The third-order valence-electron chi connectivity index (χ3n) is 5.50. The smallest absolute Gasteiger partial charge is 0.407 e. The second kappa shape index (κ2) is 12.9. The SMILES string of the molecule is CC(C)[Si](OC(CNC(=O)OC(C)(C)C)C[C@@H](CN)NC(=O)OC(C)(C)C)(C(C)C)C(C)C. The lowest BCUT2D eigenvalue weighted by Crippen LogP contribution is -2.54. The van der Waals surface area contributed by atoms with Crippen molar-refractivity contribution in [1.82, 2.24) is 10.6 Å². The van der Waals surface area contributed by atoms with E-state index in [4.69, 9.17) is 19.6 Å². The average Bonchev–Trinajstić information content (AvgIpc) is 2.58. The molecule has 0 aliphatic rings. The van der Waals surface area contributed by atoms with Crippen LogP contribution in [0.3, 0.4) is 0 Å². The van der Waals surface area contributed by atoms with E-state index in [9.17, 15) is 9.59 Å². The molecule has 0 aromatic heterocycles. The molecule has 0 aliphatic carbocycles. The predicted molar refractivity (Wildman–Crippen MR) is 137 cm³/mol. The Labute approximate surface area is 203 Å². The molecule has 0 aromatic carbocycles. The average molecular weight is 490 g/mol. The summed E-state index contributed by atoms with van der Waals surface area (Å²) in [6.07, 6.45) is -0.893. The van der Waals surface area contributed by atoms with Gasteiger partial charge in [0.15, 0.2) is 0 Å². The third-order valence-corrected chi connectivity index (χ3v) is 11.7. The van der Waals surface area contributed by atoms with E-state index in [0.717, 1.165) is 0 Å². The van der Waals surface area contributed by atoms with E-state index in [2.05, 4.69) is 52.2 Å². The highest BCUT2D eigenvalue weighted by molar-refractivity contribution is 6.77. The van der Waals surface area contributed by atoms with Crippen LogP contribution in [-0.4, -0.2) is 56.9 Å². The summed E-state index contributed by atoms with van der Waals surface area (Å²) < 4.78 is 17.7. The second-order valence-corrected chi connectivity index (χ2v) is 17.2. The summed E-state index contributed by atoms with van der Waals surface area (Å²) in [6.45, 7) is 24.7. The quantitative estimate of drug-likeness (QED) is 0.339. The van der Waals surface area contributed by atoms with Crippen LogP contribution in [-0.2, 0) is 13.9 Å². The van der Waals surface area contributed by atoms with Gasteiger partial charge in [-0.05, 0) is 64.6 Å². The molecule has 0 saturated carbocycles. The van der Waals surface area contributed by atoms with Crippen LogP contribution in [0.1, 0.15) is 89.5 Å². The van der Waals surface area contributed by atoms with Gasteiger partial charge in [-0.3, -0.25) is 0 Å². The van der Waals surface area contributed by atoms with Crippen molar-refractivity contribution in [2.24, 2.45) is 5.73 Å². The van der Waals surface area contributed by atoms with Crippen molar-refractivity contribution >= 4 is 20.5 Å². The summed E-state index contributed by atoms with van der Waals surface area (Å²) in [6, 6.07) is -0.358. The van der Waals surface area contributed by atoms with Gasteiger partial charge in [0.25, 0.3) is 0 Å². The zero-order chi connectivity index (χ0) is 26.2. The van der Waals surface area contributed by atoms with Crippen LogP contribution in [0.25, 0.3) is 0 Å². The molecule has 9 heteroatoms. The van der Waals surface area contributed by atoms with Crippen LogP contribution in [0.2, 0.25) is 16.6 Å². The molecule has 1 unspecified atom stereocenters. The minimum atomic E-state index is -2.24. The molecule has 0 heterocycles. The van der Waals surface area contributed by atoms with Gasteiger partial charge >= 0.3 is 12.2 Å². The number of rotatable bonds is 11. The van der Waals surface area contributed by atoms with Gasteiger partial charge in [0.05, 0.1) is 6.10 Å². The highest BCUT2D eigenvalue weighted by Crippen LogP contribution is 2.43. The minimum Gasteiger partial charge on any atom is -0.444 e. The molecular formula is C24H51N3O5Si. The molecule has 2 atom stereocenters. The molecule has 0 spiro atoms. The molecule has 0 rings (SSSR count). The maximum Gasteiger partial charge on any atom is 0.407 e. The number of nitrogens with one attached hydrogen (secondary N) is 2. The first-order valence-electron chi connectivity index (χ1n) is 12.2. The highest BCUT2D eigenvalue weighted by Gasteiger charge is 2.47. The maximum atomic E-state index is 12.3. The number of carbonyl (C=O) groups is 2. The highest BCUT2D eigenvalue weighted by atomic mass is 28.4. The Balaban J connectivity index is 5.71. The molecule has 0 saturated heterocycles. The van der Waals surface area contributed by atoms with Crippen LogP contribution in [0.15, 0.2) is 0 Å². The Morgan fingerprint density at radius 3 is 1.61 bits per heavy atom. The van der Waals surface area contributed by atoms with Crippen LogP contribution >= 0.6 is 0 Å². The van der Waals surface area contributed by atoms with Gasteiger partial charge < -0.3 is 30.3 Å². The van der Waals surface area contributed by atoms with Crippen molar-refractivity contribution in [2.45, 2.75) is 129 Å². The summed E-state index contributed by atoms with van der Waals surface area (Å²) in [5, 5.41) is 5.71. The Bertz CT molecular complexity index is 590. The number of carbonyl (C=O) groups excluding carboxylic acids is 2. The molecule has 0 radical (unpaired) electrons. The van der Waals surface area contributed by atoms with Crippen molar-refractivity contribution in [3.63, 3.8) is 0 Å². The van der Waals surface area contributed by atoms with Crippen molar-refractivity contribution in [1.29, 1.82) is 0 Å². The fourth-order valence-electron chi connectivity index (χ4n) is 4.39. The number of nitrogens with two attached hydrogens (primary N) is 1. The predicted octanol–water partition coefficient (Wildman–Crippen LogP) is 5.31. The summed E-state index contributed by atoms with van der Waals surface area (Å²) in [5.41, 5.74) is 5.91. The summed E-state index contributed by atoms with van der Waals surface area (Å²) in [5.74, 6) is 0. The molecule has 0 bridgehead atoms. The Morgan fingerprint density at radius 1 is 0.818 bits per heavy atom. The Kier molecular flexibility index (Phi) is 12.4. The van der Waals surface area contributed by atoms with Crippen LogP contribution in [0.5, 0.6) is 0 Å². The zero-order valence-corrected chi connectivity index (χ0v) is 24.1. The summed E-state index contributed by atoms with van der Waals surface area (Å²) in [4.78, 5) is 24.7. The molecule has 8 nitrogen and oxygen atoms in total. The lowest BCUT2D eigenvalue weighted by atomic mass is 10.1. The minimum absolute atomic E-state index is 0.227. The number of alkyl carbamates (subject to hydrolysis) is 2. The number of ether oxygens (including phenoxy) is 2. The van der Waals surface area contributed by atoms with Gasteiger partial charge in [0.1, 0.15) is 11.2 Å². The van der Waals surface area contributed by atoms with E-state index >= 15 is 0 Å². The third kappa shape index (κ3) is 11.6. The lowest BCUT2D eigenvalue weighted by molar-refractivity contribution is 0.0445. The second-order valence-electron chi connectivity index (χ2n) is 11.8. The first-order chi connectivity index (χ1) is 14.8. The summed E-state index contributed by atoms with van der Waals surface area (Å²) >= 11 is 0. The molecule has 0 aliphatic heterocycles. The van der Waals surface area contributed by atoms with Gasteiger partial charge in [-0.25, -0.2) is 9.59 Å². The topological polar surface area (TPSA) is 112 Å². The van der Waals surface area contributed by atoms with Crippen molar-refractivity contribution in [2.75, 3.05) is 13.1 Å². The monoisotopic (exact) mass is 489 g/mol.